The molecule has 0 radical (unpaired) electrons. The van der Waals surface area contributed by atoms with E-state index in [0.717, 1.165) is 19.4 Å². The van der Waals surface area contributed by atoms with E-state index in [1.54, 1.807) is 6.92 Å². The largest absolute Gasteiger partial charge is 0.466 e. The lowest BCUT2D eigenvalue weighted by Crippen LogP contribution is -2.48. The molecule has 1 saturated heterocycles. The predicted octanol–water partition coefficient (Wildman–Crippen LogP) is -0.571. The summed E-state index contributed by atoms with van der Waals surface area (Å²) >= 11 is 0. The molecule has 2 amide bonds. The van der Waals surface area contributed by atoms with E-state index >= 15 is 0 Å². The highest BCUT2D eigenvalue weighted by atomic mass is 16.5. The van der Waals surface area contributed by atoms with Gasteiger partial charge in [-0.15, -0.1) is 0 Å². The lowest BCUT2D eigenvalue weighted by atomic mass is 9.98. The summed E-state index contributed by atoms with van der Waals surface area (Å²) in [6, 6.07) is 0. The molecule has 1 heterocycles. The minimum absolute atomic E-state index is 0.163. The zero-order valence-corrected chi connectivity index (χ0v) is 11.4. The monoisotopic (exact) mass is 271 g/mol. The fourth-order valence-corrected chi connectivity index (χ4v) is 2.05. The number of piperidine rings is 1. The maximum atomic E-state index is 11.6. The molecule has 0 aliphatic carbocycles. The average Bonchev–Trinajstić information content (AvgIpc) is 2.37. The number of esters is 1. The molecule has 108 valence electrons. The summed E-state index contributed by atoms with van der Waals surface area (Å²) in [4.78, 5) is 35.7. The van der Waals surface area contributed by atoms with Crippen LogP contribution in [0.1, 0.15) is 26.7 Å². The van der Waals surface area contributed by atoms with Crippen LogP contribution in [0.4, 0.5) is 0 Å². The van der Waals surface area contributed by atoms with Gasteiger partial charge >= 0.3 is 5.97 Å². The van der Waals surface area contributed by atoms with Crippen LogP contribution in [0.3, 0.4) is 0 Å². The fraction of sp³-hybridized carbons (Fsp3) is 0.750. The number of amides is 2. The van der Waals surface area contributed by atoms with E-state index in [4.69, 9.17) is 4.74 Å². The third-order valence-corrected chi connectivity index (χ3v) is 2.87. The van der Waals surface area contributed by atoms with Gasteiger partial charge in [-0.25, -0.2) is 0 Å². The molecule has 19 heavy (non-hydrogen) atoms. The second-order valence-electron chi connectivity index (χ2n) is 4.56. The molecule has 7 nitrogen and oxygen atoms in total. The quantitative estimate of drug-likeness (QED) is 0.528. The number of nitrogens with one attached hydrogen (secondary N) is 2. The Hall–Kier alpha value is -1.63. The van der Waals surface area contributed by atoms with Crippen molar-refractivity contribution in [2.45, 2.75) is 26.7 Å². The lowest BCUT2D eigenvalue weighted by Gasteiger charge is -2.30. The van der Waals surface area contributed by atoms with Crippen LogP contribution in [0.2, 0.25) is 0 Å². The number of hydrogen-bond donors (Lipinski definition) is 2. The molecule has 0 aromatic rings. The Kier molecular flexibility index (Phi) is 6.27. The predicted molar refractivity (Wildman–Crippen MR) is 67.8 cm³/mol. The maximum Gasteiger partial charge on any atom is 0.310 e. The van der Waals surface area contributed by atoms with Crippen LogP contribution in [-0.2, 0) is 19.1 Å². The van der Waals surface area contributed by atoms with E-state index in [9.17, 15) is 14.4 Å². The molecule has 0 spiro atoms. The summed E-state index contributed by atoms with van der Waals surface area (Å²) in [6.07, 6.45) is 1.65. The summed E-state index contributed by atoms with van der Waals surface area (Å²) in [5.41, 5.74) is 4.53. The molecule has 0 aromatic heterocycles. The third-order valence-electron chi connectivity index (χ3n) is 2.87. The van der Waals surface area contributed by atoms with Crippen molar-refractivity contribution in [3.8, 4) is 0 Å². The number of hydrazine groups is 1. The zero-order valence-electron chi connectivity index (χ0n) is 11.4. The Morgan fingerprint density at radius 1 is 1.32 bits per heavy atom. The topological polar surface area (TPSA) is 87.7 Å². The Morgan fingerprint density at radius 3 is 2.68 bits per heavy atom. The fourth-order valence-electron chi connectivity index (χ4n) is 2.05. The normalized spacial score (nSPS) is 19.6. The molecule has 0 unspecified atom stereocenters. The minimum atomic E-state index is -0.323. The Morgan fingerprint density at radius 2 is 2.05 bits per heavy atom. The van der Waals surface area contributed by atoms with Crippen LogP contribution in [0.15, 0.2) is 0 Å². The SMILES string of the molecule is CCOC(=O)[C@H]1CCCN(CC(=O)NNC(C)=O)C1. The van der Waals surface area contributed by atoms with Gasteiger partial charge < -0.3 is 4.74 Å². The Balaban J connectivity index is 2.36. The van der Waals surface area contributed by atoms with Crippen molar-refractivity contribution in [3.05, 3.63) is 0 Å². The summed E-state index contributed by atoms with van der Waals surface area (Å²) in [7, 11) is 0. The first kappa shape index (κ1) is 15.4. The first-order valence-electron chi connectivity index (χ1n) is 6.47. The third kappa shape index (κ3) is 5.69. The van der Waals surface area contributed by atoms with Crippen molar-refractivity contribution < 1.29 is 19.1 Å². The number of hydrogen-bond acceptors (Lipinski definition) is 5. The number of carbonyl (C=O) groups is 3. The average molecular weight is 271 g/mol. The van der Waals surface area contributed by atoms with Gasteiger partial charge in [-0.05, 0) is 26.3 Å². The van der Waals surface area contributed by atoms with Crippen molar-refractivity contribution in [3.63, 3.8) is 0 Å². The summed E-state index contributed by atoms with van der Waals surface area (Å²) < 4.78 is 4.99. The smallest absolute Gasteiger partial charge is 0.310 e. The van der Waals surface area contributed by atoms with E-state index in [1.807, 2.05) is 4.90 Å². The van der Waals surface area contributed by atoms with Crippen molar-refractivity contribution in [1.29, 1.82) is 0 Å². The van der Waals surface area contributed by atoms with Gasteiger partial charge in [-0.3, -0.25) is 30.1 Å². The highest BCUT2D eigenvalue weighted by Gasteiger charge is 2.27. The van der Waals surface area contributed by atoms with E-state index < -0.39 is 0 Å². The number of ether oxygens (including phenoxy) is 1. The summed E-state index contributed by atoms with van der Waals surface area (Å²) in [6.45, 7) is 4.92. The number of carbonyl (C=O) groups excluding carboxylic acids is 3. The van der Waals surface area contributed by atoms with Crippen LogP contribution in [0, 0.1) is 5.92 Å². The molecule has 0 saturated carbocycles. The molecule has 0 aromatic carbocycles. The number of rotatable bonds is 4. The number of nitrogens with zero attached hydrogens (tertiary/aromatic N) is 1. The first-order chi connectivity index (χ1) is 9.02. The molecular weight excluding hydrogens is 250 g/mol. The van der Waals surface area contributed by atoms with Crippen LogP contribution >= 0.6 is 0 Å². The highest BCUT2D eigenvalue weighted by Crippen LogP contribution is 2.17. The lowest BCUT2D eigenvalue weighted by molar-refractivity contribution is -0.150. The minimum Gasteiger partial charge on any atom is -0.466 e. The second-order valence-corrected chi connectivity index (χ2v) is 4.56. The van der Waals surface area contributed by atoms with Crippen molar-refractivity contribution in [1.82, 2.24) is 15.8 Å². The molecule has 0 bridgehead atoms. The van der Waals surface area contributed by atoms with E-state index in [2.05, 4.69) is 10.9 Å². The first-order valence-corrected chi connectivity index (χ1v) is 6.47. The second kappa shape index (κ2) is 7.73. The molecule has 2 N–H and O–H groups in total. The van der Waals surface area contributed by atoms with E-state index in [-0.39, 0.29) is 30.2 Å². The van der Waals surface area contributed by atoms with Gasteiger partial charge in [0, 0.05) is 13.5 Å². The Bertz CT molecular complexity index is 346. The van der Waals surface area contributed by atoms with Gasteiger partial charge in [0.15, 0.2) is 0 Å². The molecule has 1 rings (SSSR count). The summed E-state index contributed by atoms with van der Waals surface area (Å²) in [5, 5.41) is 0. The molecular formula is C12H21N3O4. The standard InChI is InChI=1S/C12H21N3O4/c1-3-19-12(18)10-5-4-6-15(7-10)8-11(17)14-13-9(2)16/h10H,3-8H2,1-2H3,(H,13,16)(H,14,17)/t10-/m0/s1. The molecule has 1 fully saturated rings. The van der Waals surface area contributed by atoms with E-state index in [1.165, 1.54) is 6.92 Å². The maximum absolute atomic E-state index is 11.6. The van der Waals surface area contributed by atoms with Gasteiger partial charge in [0.1, 0.15) is 0 Å². The van der Waals surface area contributed by atoms with Crippen LogP contribution in [0.25, 0.3) is 0 Å². The van der Waals surface area contributed by atoms with Crippen LogP contribution in [-0.4, -0.2) is 48.9 Å². The zero-order chi connectivity index (χ0) is 14.3. The van der Waals surface area contributed by atoms with Crippen molar-refractivity contribution >= 4 is 17.8 Å². The van der Waals surface area contributed by atoms with Gasteiger partial charge in [-0.2, -0.15) is 0 Å². The molecule has 7 heteroatoms. The van der Waals surface area contributed by atoms with Gasteiger partial charge in [0.25, 0.3) is 5.91 Å². The van der Waals surface area contributed by atoms with Crippen molar-refractivity contribution in [2.75, 3.05) is 26.2 Å². The summed E-state index contributed by atoms with van der Waals surface area (Å²) in [5.74, 6) is -0.979. The van der Waals surface area contributed by atoms with Gasteiger partial charge in [0.2, 0.25) is 5.91 Å². The number of likely N-dealkylation sites (tertiary alicyclic amines) is 1. The van der Waals surface area contributed by atoms with Gasteiger partial charge in [-0.1, -0.05) is 0 Å². The Labute approximate surface area is 112 Å². The van der Waals surface area contributed by atoms with Crippen LogP contribution in [0.5, 0.6) is 0 Å². The molecule has 1 aliphatic heterocycles. The molecule has 1 aliphatic rings. The molecule has 1 atom stereocenters. The highest BCUT2D eigenvalue weighted by molar-refractivity contribution is 5.82. The van der Waals surface area contributed by atoms with E-state index in [0.29, 0.717) is 13.2 Å². The van der Waals surface area contributed by atoms with Crippen molar-refractivity contribution in [2.24, 2.45) is 5.92 Å². The van der Waals surface area contributed by atoms with Crippen LogP contribution < -0.4 is 10.9 Å². The van der Waals surface area contributed by atoms with Gasteiger partial charge in [0.05, 0.1) is 19.1 Å².